The number of amides is 1. The topological polar surface area (TPSA) is 66.8 Å². The van der Waals surface area contributed by atoms with Gasteiger partial charge >= 0.3 is 5.97 Å². The largest absolute Gasteiger partial charge is 0.483 e. The average molecular weight is 358 g/mol. The average Bonchev–Trinajstić information content (AvgIpc) is 2.36. The summed E-state index contributed by atoms with van der Waals surface area (Å²) in [6.07, 6.45) is 0. The van der Waals surface area contributed by atoms with Crippen molar-refractivity contribution in [3.05, 3.63) is 28.2 Å². The van der Waals surface area contributed by atoms with E-state index in [0.29, 0.717) is 4.47 Å². The molecule has 0 bridgehead atoms. The molecule has 0 aliphatic heterocycles. The summed E-state index contributed by atoms with van der Waals surface area (Å²) >= 11 is 3.21. The van der Waals surface area contributed by atoms with Gasteiger partial charge in [-0.3, -0.25) is 4.79 Å². The molecule has 1 aromatic rings. The highest BCUT2D eigenvalue weighted by Crippen LogP contribution is 2.23. The maximum Gasteiger partial charge on any atom is 0.339 e. The minimum Gasteiger partial charge on any atom is -0.483 e. The van der Waals surface area contributed by atoms with Gasteiger partial charge in [0, 0.05) is 16.6 Å². The van der Waals surface area contributed by atoms with Crippen molar-refractivity contribution in [3.63, 3.8) is 0 Å². The minimum absolute atomic E-state index is 0.0258. The summed E-state index contributed by atoms with van der Waals surface area (Å²) in [5, 5.41) is 9.14. The van der Waals surface area contributed by atoms with E-state index in [1.165, 1.54) is 12.1 Å². The number of ether oxygens (including phenoxy) is 1. The number of hydrogen-bond acceptors (Lipinski definition) is 3. The van der Waals surface area contributed by atoms with Crippen molar-refractivity contribution in [3.8, 4) is 5.75 Å². The Bertz CT molecular complexity index is 520. The van der Waals surface area contributed by atoms with E-state index in [9.17, 15) is 9.59 Å². The van der Waals surface area contributed by atoms with Gasteiger partial charge in [0.15, 0.2) is 6.61 Å². The Morgan fingerprint density at radius 2 is 1.81 bits per heavy atom. The number of carbonyl (C=O) groups excluding carboxylic acids is 1. The van der Waals surface area contributed by atoms with Crippen LogP contribution in [-0.2, 0) is 4.79 Å². The molecule has 21 heavy (non-hydrogen) atoms. The van der Waals surface area contributed by atoms with Gasteiger partial charge in [-0.2, -0.15) is 0 Å². The Labute approximate surface area is 133 Å². The first-order valence-corrected chi connectivity index (χ1v) is 7.50. The van der Waals surface area contributed by atoms with Crippen LogP contribution in [0.4, 0.5) is 0 Å². The SMILES string of the molecule is CC(C)N(C(=O)COc1ccc(Br)cc1C(=O)O)C(C)C. The van der Waals surface area contributed by atoms with Crippen LogP contribution in [-0.4, -0.2) is 40.6 Å². The van der Waals surface area contributed by atoms with Gasteiger partial charge in [0.1, 0.15) is 11.3 Å². The molecule has 0 unspecified atom stereocenters. The van der Waals surface area contributed by atoms with Gasteiger partial charge in [-0.25, -0.2) is 4.79 Å². The molecule has 5 nitrogen and oxygen atoms in total. The van der Waals surface area contributed by atoms with E-state index < -0.39 is 5.97 Å². The van der Waals surface area contributed by atoms with Crippen LogP contribution in [0.5, 0.6) is 5.75 Å². The molecule has 1 aromatic carbocycles. The monoisotopic (exact) mass is 357 g/mol. The maximum absolute atomic E-state index is 12.2. The van der Waals surface area contributed by atoms with Crippen LogP contribution in [0.2, 0.25) is 0 Å². The molecular weight excluding hydrogens is 338 g/mol. The second kappa shape index (κ2) is 7.45. The normalized spacial score (nSPS) is 10.8. The van der Waals surface area contributed by atoms with Gasteiger partial charge in [-0.1, -0.05) is 15.9 Å². The molecule has 0 saturated carbocycles. The number of nitrogens with zero attached hydrogens (tertiary/aromatic N) is 1. The van der Waals surface area contributed by atoms with Crippen LogP contribution in [0, 0.1) is 0 Å². The van der Waals surface area contributed by atoms with Gasteiger partial charge < -0.3 is 14.7 Å². The molecular formula is C15H20BrNO4. The van der Waals surface area contributed by atoms with Crippen molar-refractivity contribution in [2.75, 3.05) is 6.61 Å². The zero-order chi connectivity index (χ0) is 16.2. The van der Waals surface area contributed by atoms with Crippen LogP contribution >= 0.6 is 15.9 Å². The summed E-state index contributed by atoms with van der Waals surface area (Å²) in [6.45, 7) is 7.54. The van der Waals surface area contributed by atoms with E-state index in [0.717, 1.165) is 0 Å². The fraction of sp³-hybridized carbons (Fsp3) is 0.467. The van der Waals surface area contributed by atoms with Crippen LogP contribution < -0.4 is 4.74 Å². The molecule has 0 fully saturated rings. The fourth-order valence-electron chi connectivity index (χ4n) is 2.18. The van der Waals surface area contributed by atoms with Crippen LogP contribution in [0.1, 0.15) is 38.1 Å². The Hall–Kier alpha value is -1.56. The van der Waals surface area contributed by atoms with E-state index in [1.54, 1.807) is 11.0 Å². The van der Waals surface area contributed by atoms with Gasteiger partial charge in [-0.05, 0) is 45.9 Å². The molecule has 1 amide bonds. The van der Waals surface area contributed by atoms with Gasteiger partial charge in [0.25, 0.3) is 5.91 Å². The molecule has 0 aromatic heterocycles. The van der Waals surface area contributed by atoms with E-state index in [1.807, 2.05) is 27.7 Å². The molecule has 1 N–H and O–H groups in total. The second-order valence-corrected chi connectivity index (χ2v) is 6.14. The van der Waals surface area contributed by atoms with Crippen molar-refractivity contribution in [1.29, 1.82) is 0 Å². The molecule has 116 valence electrons. The van der Waals surface area contributed by atoms with Crippen molar-refractivity contribution >= 4 is 27.8 Å². The first-order chi connectivity index (χ1) is 9.73. The standard InChI is InChI=1S/C15H20BrNO4/c1-9(2)17(10(3)4)14(18)8-21-13-6-5-11(16)7-12(13)15(19)20/h5-7,9-10H,8H2,1-4H3,(H,19,20). The lowest BCUT2D eigenvalue weighted by Gasteiger charge is -2.30. The molecule has 0 radical (unpaired) electrons. The van der Waals surface area contributed by atoms with Gasteiger partial charge in [0.2, 0.25) is 0 Å². The number of halogens is 1. The van der Waals surface area contributed by atoms with Crippen molar-refractivity contribution in [2.45, 2.75) is 39.8 Å². The van der Waals surface area contributed by atoms with E-state index >= 15 is 0 Å². The summed E-state index contributed by atoms with van der Waals surface area (Å²) in [6, 6.07) is 4.78. The zero-order valence-corrected chi connectivity index (χ0v) is 14.2. The molecule has 0 saturated heterocycles. The smallest absolute Gasteiger partial charge is 0.339 e. The number of rotatable bonds is 6. The third-order valence-electron chi connectivity index (χ3n) is 2.92. The maximum atomic E-state index is 12.2. The lowest BCUT2D eigenvalue weighted by atomic mass is 10.2. The number of carbonyl (C=O) groups is 2. The van der Waals surface area contributed by atoms with E-state index in [2.05, 4.69) is 15.9 Å². The Morgan fingerprint density at radius 3 is 2.29 bits per heavy atom. The lowest BCUT2D eigenvalue weighted by Crippen LogP contribution is -2.44. The third kappa shape index (κ3) is 4.74. The highest BCUT2D eigenvalue weighted by atomic mass is 79.9. The summed E-state index contributed by atoms with van der Waals surface area (Å²) < 4.78 is 6.05. The first kappa shape index (κ1) is 17.5. The Balaban J connectivity index is 2.84. The van der Waals surface area contributed by atoms with E-state index in [-0.39, 0.29) is 35.9 Å². The highest BCUT2D eigenvalue weighted by Gasteiger charge is 2.21. The van der Waals surface area contributed by atoms with E-state index in [4.69, 9.17) is 9.84 Å². The zero-order valence-electron chi connectivity index (χ0n) is 12.6. The highest BCUT2D eigenvalue weighted by molar-refractivity contribution is 9.10. The molecule has 6 heteroatoms. The Kier molecular flexibility index (Phi) is 6.20. The predicted molar refractivity (Wildman–Crippen MR) is 83.7 cm³/mol. The number of hydrogen-bond donors (Lipinski definition) is 1. The molecule has 0 atom stereocenters. The number of benzene rings is 1. The molecule has 0 aliphatic rings. The number of carboxylic acid groups (broad SMARTS) is 1. The predicted octanol–water partition coefficient (Wildman–Crippen LogP) is 3.17. The van der Waals surface area contributed by atoms with Crippen LogP contribution in [0.25, 0.3) is 0 Å². The summed E-state index contributed by atoms with van der Waals surface area (Å²) in [5.41, 5.74) is 0.0258. The fourth-order valence-corrected chi connectivity index (χ4v) is 2.54. The number of carboxylic acids is 1. The second-order valence-electron chi connectivity index (χ2n) is 5.22. The third-order valence-corrected chi connectivity index (χ3v) is 3.42. The van der Waals surface area contributed by atoms with Crippen molar-refractivity contribution in [1.82, 2.24) is 4.90 Å². The summed E-state index contributed by atoms with van der Waals surface area (Å²) in [7, 11) is 0. The van der Waals surface area contributed by atoms with Crippen LogP contribution in [0.15, 0.2) is 22.7 Å². The van der Waals surface area contributed by atoms with Crippen LogP contribution in [0.3, 0.4) is 0 Å². The molecule has 0 heterocycles. The minimum atomic E-state index is -1.09. The number of aromatic carboxylic acids is 1. The van der Waals surface area contributed by atoms with Gasteiger partial charge in [-0.15, -0.1) is 0 Å². The van der Waals surface area contributed by atoms with Crippen molar-refractivity contribution < 1.29 is 19.4 Å². The van der Waals surface area contributed by atoms with Gasteiger partial charge in [0.05, 0.1) is 0 Å². The molecule has 1 rings (SSSR count). The Morgan fingerprint density at radius 1 is 1.24 bits per heavy atom. The first-order valence-electron chi connectivity index (χ1n) is 6.70. The molecule has 0 aliphatic carbocycles. The quantitative estimate of drug-likeness (QED) is 0.848. The van der Waals surface area contributed by atoms with Crippen molar-refractivity contribution in [2.24, 2.45) is 0 Å². The lowest BCUT2D eigenvalue weighted by molar-refractivity contribution is -0.137. The molecule has 0 spiro atoms. The summed E-state index contributed by atoms with van der Waals surface area (Å²) in [4.78, 5) is 25.1. The summed E-state index contributed by atoms with van der Waals surface area (Å²) in [5.74, 6) is -1.07.